The van der Waals surface area contributed by atoms with Crippen molar-refractivity contribution in [1.82, 2.24) is 0 Å². The van der Waals surface area contributed by atoms with E-state index in [1.54, 1.807) is 0 Å². The molecule has 1 fully saturated rings. The van der Waals surface area contributed by atoms with Gasteiger partial charge in [-0.3, -0.25) is 0 Å². The Balaban J connectivity index is 1.96. The van der Waals surface area contributed by atoms with Crippen molar-refractivity contribution in [3.63, 3.8) is 0 Å². The highest BCUT2D eigenvalue weighted by atomic mass is 32.2. The Kier molecular flexibility index (Phi) is 3.52. The summed E-state index contributed by atoms with van der Waals surface area (Å²) in [5.41, 5.74) is 1.52. The first kappa shape index (κ1) is 10.1. The van der Waals surface area contributed by atoms with Gasteiger partial charge in [0.2, 0.25) is 0 Å². The molecule has 0 bridgehead atoms. The third kappa shape index (κ3) is 2.33. The van der Waals surface area contributed by atoms with E-state index in [2.05, 4.69) is 49.0 Å². The predicted molar refractivity (Wildman–Crippen MR) is 64.7 cm³/mol. The van der Waals surface area contributed by atoms with E-state index in [0.717, 1.165) is 10.5 Å². The largest absolute Gasteiger partial charge is 0.150 e. The minimum atomic E-state index is 0.771. The molecule has 2 unspecified atom stereocenters. The highest BCUT2D eigenvalue weighted by Crippen LogP contribution is 2.46. The molecule has 0 saturated carbocycles. The van der Waals surface area contributed by atoms with E-state index < -0.39 is 0 Å². The van der Waals surface area contributed by atoms with Crippen LogP contribution in [-0.4, -0.2) is 5.25 Å². The Morgan fingerprint density at radius 1 is 1.21 bits per heavy atom. The number of benzene rings is 1. The summed E-state index contributed by atoms with van der Waals surface area (Å²) in [5.74, 6) is 0. The Morgan fingerprint density at radius 3 is 2.71 bits per heavy atom. The van der Waals surface area contributed by atoms with Gasteiger partial charge in [0.05, 0.1) is 0 Å². The fourth-order valence-corrected chi connectivity index (χ4v) is 3.85. The van der Waals surface area contributed by atoms with Crippen molar-refractivity contribution in [2.24, 2.45) is 0 Å². The summed E-state index contributed by atoms with van der Waals surface area (Å²) in [6, 6.07) is 11.0. The van der Waals surface area contributed by atoms with Crippen LogP contribution in [0, 0.1) is 0 Å². The molecule has 1 aliphatic heterocycles. The van der Waals surface area contributed by atoms with Gasteiger partial charge in [-0.05, 0) is 24.8 Å². The lowest BCUT2D eigenvalue weighted by Crippen LogP contribution is -1.93. The highest BCUT2D eigenvalue weighted by Gasteiger charge is 2.25. The first-order valence-electron chi connectivity index (χ1n) is 5.60. The molecule has 0 spiro atoms. The lowest BCUT2D eigenvalue weighted by molar-refractivity contribution is 0.682. The molecule has 14 heavy (non-hydrogen) atoms. The molecular formula is C13H18S. The Labute approximate surface area is 91.1 Å². The van der Waals surface area contributed by atoms with E-state index in [1.807, 2.05) is 0 Å². The van der Waals surface area contributed by atoms with Crippen LogP contribution >= 0.6 is 11.8 Å². The van der Waals surface area contributed by atoms with Gasteiger partial charge < -0.3 is 0 Å². The molecule has 2 rings (SSSR count). The lowest BCUT2D eigenvalue weighted by Gasteiger charge is -2.10. The van der Waals surface area contributed by atoms with E-state index in [-0.39, 0.29) is 0 Å². The zero-order valence-corrected chi connectivity index (χ0v) is 9.59. The first-order valence-corrected chi connectivity index (χ1v) is 6.55. The van der Waals surface area contributed by atoms with Gasteiger partial charge in [-0.2, -0.15) is 11.8 Å². The van der Waals surface area contributed by atoms with Gasteiger partial charge in [-0.15, -0.1) is 0 Å². The van der Waals surface area contributed by atoms with Crippen LogP contribution in [0.3, 0.4) is 0 Å². The van der Waals surface area contributed by atoms with Crippen LogP contribution in [0.15, 0.2) is 30.3 Å². The Morgan fingerprint density at radius 2 is 2.00 bits per heavy atom. The fourth-order valence-electron chi connectivity index (χ4n) is 2.15. The number of thioether (sulfide) groups is 1. The zero-order valence-electron chi connectivity index (χ0n) is 8.78. The number of hydrogen-bond donors (Lipinski definition) is 0. The molecule has 0 radical (unpaired) electrons. The van der Waals surface area contributed by atoms with Gasteiger partial charge in [-0.1, -0.05) is 43.7 Å². The van der Waals surface area contributed by atoms with Crippen LogP contribution in [0.5, 0.6) is 0 Å². The molecular weight excluding hydrogens is 188 g/mol. The van der Waals surface area contributed by atoms with Crippen molar-refractivity contribution in [3.8, 4) is 0 Å². The average molecular weight is 206 g/mol. The standard InChI is InChI=1S/C13H18S/c1-2-6-12-9-10-13(14-12)11-7-4-3-5-8-11/h3-5,7-8,12-13H,2,6,9-10H2,1H3. The van der Waals surface area contributed by atoms with E-state index in [4.69, 9.17) is 0 Å². The van der Waals surface area contributed by atoms with Crippen molar-refractivity contribution in [1.29, 1.82) is 0 Å². The minimum Gasteiger partial charge on any atom is -0.150 e. The minimum absolute atomic E-state index is 0.771. The van der Waals surface area contributed by atoms with E-state index in [9.17, 15) is 0 Å². The number of rotatable bonds is 3. The van der Waals surface area contributed by atoms with Crippen LogP contribution in [-0.2, 0) is 0 Å². The average Bonchev–Trinajstić information content (AvgIpc) is 2.68. The Hall–Kier alpha value is -0.430. The van der Waals surface area contributed by atoms with Crippen LogP contribution in [0.1, 0.15) is 43.4 Å². The van der Waals surface area contributed by atoms with Crippen molar-refractivity contribution >= 4 is 11.8 Å². The number of hydrogen-bond acceptors (Lipinski definition) is 1. The topological polar surface area (TPSA) is 0 Å². The maximum Gasteiger partial charge on any atom is 0.0300 e. The predicted octanol–water partition coefficient (Wildman–Crippen LogP) is 4.42. The summed E-state index contributed by atoms with van der Waals surface area (Å²) in [6.07, 6.45) is 5.52. The molecule has 1 heterocycles. The normalized spacial score (nSPS) is 26.6. The molecule has 0 N–H and O–H groups in total. The molecule has 1 aromatic rings. The van der Waals surface area contributed by atoms with Crippen molar-refractivity contribution in [2.45, 2.75) is 43.1 Å². The van der Waals surface area contributed by atoms with Crippen molar-refractivity contribution in [3.05, 3.63) is 35.9 Å². The summed E-state index contributed by atoms with van der Waals surface area (Å²) in [4.78, 5) is 0. The molecule has 1 aliphatic rings. The summed E-state index contributed by atoms with van der Waals surface area (Å²) >= 11 is 2.19. The molecule has 1 heteroatoms. The quantitative estimate of drug-likeness (QED) is 0.705. The highest BCUT2D eigenvalue weighted by molar-refractivity contribution is 8.00. The lowest BCUT2D eigenvalue weighted by atomic mass is 10.1. The van der Waals surface area contributed by atoms with Gasteiger partial charge in [0.1, 0.15) is 0 Å². The van der Waals surface area contributed by atoms with Crippen molar-refractivity contribution in [2.75, 3.05) is 0 Å². The maximum absolute atomic E-state index is 2.29. The van der Waals surface area contributed by atoms with Crippen LogP contribution in [0.4, 0.5) is 0 Å². The van der Waals surface area contributed by atoms with E-state index >= 15 is 0 Å². The summed E-state index contributed by atoms with van der Waals surface area (Å²) in [5, 5.41) is 1.69. The molecule has 2 atom stereocenters. The van der Waals surface area contributed by atoms with Crippen LogP contribution in [0.25, 0.3) is 0 Å². The molecule has 1 aromatic carbocycles. The van der Waals surface area contributed by atoms with Gasteiger partial charge in [0.15, 0.2) is 0 Å². The third-order valence-electron chi connectivity index (χ3n) is 2.89. The van der Waals surface area contributed by atoms with Crippen LogP contribution in [0.2, 0.25) is 0 Å². The maximum atomic E-state index is 2.29. The summed E-state index contributed by atoms with van der Waals surface area (Å²) in [6.45, 7) is 2.29. The molecule has 1 saturated heterocycles. The molecule has 0 nitrogen and oxygen atoms in total. The van der Waals surface area contributed by atoms with E-state index in [0.29, 0.717) is 0 Å². The van der Waals surface area contributed by atoms with Gasteiger partial charge >= 0.3 is 0 Å². The van der Waals surface area contributed by atoms with Gasteiger partial charge in [0, 0.05) is 10.5 Å². The van der Waals surface area contributed by atoms with Gasteiger partial charge in [0.25, 0.3) is 0 Å². The SMILES string of the molecule is CCCC1CCC(c2ccccc2)S1. The fraction of sp³-hybridized carbons (Fsp3) is 0.538. The molecule has 0 aromatic heterocycles. The second kappa shape index (κ2) is 4.88. The smallest absolute Gasteiger partial charge is 0.0300 e. The second-order valence-corrected chi connectivity index (χ2v) is 5.53. The summed E-state index contributed by atoms with van der Waals surface area (Å²) < 4.78 is 0. The third-order valence-corrected chi connectivity index (χ3v) is 4.58. The monoisotopic (exact) mass is 206 g/mol. The van der Waals surface area contributed by atoms with E-state index in [1.165, 1.54) is 31.2 Å². The zero-order chi connectivity index (χ0) is 9.80. The first-order chi connectivity index (χ1) is 6.90. The van der Waals surface area contributed by atoms with Crippen LogP contribution < -0.4 is 0 Å². The molecule has 0 amide bonds. The van der Waals surface area contributed by atoms with Crippen molar-refractivity contribution < 1.29 is 0 Å². The van der Waals surface area contributed by atoms with Gasteiger partial charge in [-0.25, -0.2) is 0 Å². The Bertz CT molecular complexity index is 268. The molecule has 0 aliphatic carbocycles. The summed E-state index contributed by atoms with van der Waals surface area (Å²) in [7, 11) is 0. The second-order valence-electron chi connectivity index (χ2n) is 4.02. The molecule has 76 valence electrons.